The summed E-state index contributed by atoms with van der Waals surface area (Å²) in [5, 5.41) is 0. The Balaban J connectivity index is 1.56. The minimum Gasteiger partial charge on any atom is -0.241 e. The second-order valence-electron chi connectivity index (χ2n) is 9.98. The molecule has 0 unspecified atom stereocenters. The number of aryl methyl sites for hydroxylation is 2. The average Bonchev–Trinajstić information content (AvgIpc) is 2.79. The van der Waals surface area contributed by atoms with Crippen molar-refractivity contribution in [2.24, 2.45) is 11.8 Å². The summed E-state index contributed by atoms with van der Waals surface area (Å²) < 4.78 is 0. The molecule has 2 aliphatic rings. The lowest BCUT2D eigenvalue weighted by atomic mass is 9.71. The molecule has 0 radical (unpaired) electrons. The van der Waals surface area contributed by atoms with Gasteiger partial charge in [0.05, 0.1) is 0 Å². The molecule has 0 aliphatic heterocycles. The van der Waals surface area contributed by atoms with Crippen LogP contribution in [0.25, 0.3) is 0 Å². The average molecular weight is 399 g/mol. The molecule has 2 heteroatoms. The normalized spacial score (nSPS) is 23.4. The Labute approximate surface area is 180 Å². The topological polar surface area (TPSA) is 25.8 Å². The van der Waals surface area contributed by atoms with Gasteiger partial charge in [-0.1, -0.05) is 78.1 Å². The molecule has 3 rings (SSSR count). The molecule has 0 amide bonds. The van der Waals surface area contributed by atoms with E-state index in [-0.39, 0.29) is 0 Å². The van der Waals surface area contributed by atoms with E-state index in [2.05, 4.69) is 20.0 Å². The van der Waals surface area contributed by atoms with Gasteiger partial charge in [-0.15, -0.1) is 0 Å². The number of unbranched alkanes of at least 4 members (excludes halogenated alkanes) is 5. The Morgan fingerprint density at radius 2 is 1.41 bits per heavy atom. The van der Waals surface area contributed by atoms with Crippen LogP contribution in [-0.2, 0) is 12.8 Å². The van der Waals surface area contributed by atoms with Crippen molar-refractivity contribution in [2.45, 2.75) is 135 Å². The lowest BCUT2D eigenvalue weighted by Gasteiger charge is -2.35. The molecule has 0 bridgehead atoms. The maximum atomic E-state index is 5.18. The van der Waals surface area contributed by atoms with E-state index >= 15 is 0 Å². The van der Waals surface area contributed by atoms with Gasteiger partial charge in [-0.05, 0) is 68.8 Å². The monoisotopic (exact) mass is 398 g/mol. The molecule has 2 nitrogen and oxygen atoms in total. The smallest absolute Gasteiger partial charge is 0.131 e. The molecule has 2 fully saturated rings. The Morgan fingerprint density at radius 1 is 0.724 bits per heavy atom. The third kappa shape index (κ3) is 7.07. The molecule has 29 heavy (non-hydrogen) atoms. The van der Waals surface area contributed by atoms with Crippen molar-refractivity contribution in [3.8, 4) is 0 Å². The van der Waals surface area contributed by atoms with E-state index < -0.39 is 0 Å². The number of rotatable bonds is 11. The number of aromatic nitrogens is 2. The Hall–Kier alpha value is -0.920. The van der Waals surface area contributed by atoms with E-state index in [0.717, 1.165) is 18.3 Å². The van der Waals surface area contributed by atoms with Crippen LogP contribution in [0.2, 0.25) is 0 Å². The second-order valence-corrected chi connectivity index (χ2v) is 9.98. The predicted molar refractivity (Wildman–Crippen MR) is 124 cm³/mol. The standard InChI is InChI=1S/C27H46N2/c1-3-5-7-8-10-15-25-21-28-27(29-26(25)16-6-4-2)24-19-17-23(18-20-24)22-13-11-9-12-14-22/h21-24H,3-20H2,1-2H3/t23-,24-. The Morgan fingerprint density at radius 3 is 2.14 bits per heavy atom. The fourth-order valence-corrected chi connectivity index (χ4v) is 5.80. The van der Waals surface area contributed by atoms with Gasteiger partial charge in [0.25, 0.3) is 0 Å². The maximum Gasteiger partial charge on any atom is 0.131 e. The summed E-state index contributed by atoms with van der Waals surface area (Å²) in [4.78, 5) is 10.1. The lowest BCUT2D eigenvalue weighted by Crippen LogP contribution is -2.24. The summed E-state index contributed by atoms with van der Waals surface area (Å²) in [6.07, 6.45) is 26.7. The number of nitrogens with zero attached hydrogens (tertiary/aromatic N) is 2. The zero-order valence-corrected chi connectivity index (χ0v) is 19.4. The molecule has 164 valence electrons. The molecule has 0 spiro atoms. The van der Waals surface area contributed by atoms with Gasteiger partial charge < -0.3 is 0 Å². The molecular formula is C27H46N2. The van der Waals surface area contributed by atoms with Crippen LogP contribution in [0, 0.1) is 11.8 Å². The fraction of sp³-hybridized carbons (Fsp3) is 0.852. The van der Waals surface area contributed by atoms with E-state index in [9.17, 15) is 0 Å². The van der Waals surface area contributed by atoms with E-state index in [4.69, 9.17) is 9.97 Å². The van der Waals surface area contributed by atoms with Crippen molar-refractivity contribution in [2.75, 3.05) is 0 Å². The van der Waals surface area contributed by atoms with Gasteiger partial charge in [0.15, 0.2) is 0 Å². The summed E-state index contributed by atoms with van der Waals surface area (Å²) >= 11 is 0. The largest absolute Gasteiger partial charge is 0.241 e. The van der Waals surface area contributed by atoms with Crippen molar-refractivity contribution in [1.82, 2.24) is 9.97 Å². The molecule has 1 aromatic heterocycles. The first-order chi connectivity index (χ1) is 14.3. The molecule has 2 saturated carbocycles. The Kier molecular flexibility index (Phi) is 9.97. The Bertz CT molecular complexity index is 568. The van der Waals surface area contributed by atoms with E-state index in [1.807, 2.05) is 0 Å². The van der Waals surface area contributed by atoms with Crippen LogP contribution in [0.5, 0.6) is 0 Å². The van der Waals surface area contributed by atoms with E-state index in [1.54, 1.807) is 0 Å². The quantitative estimate of drug-likeness (QED) is 0.351. The first-order valence-corrected chi connectivity index (χ1v) is 13.2. The fourth-order valence-electron chi connectivity index (χ4n) is 5.80. The van der Waals surface area contributed by atoms with E-state index in [0.29, 0.717) is 5.92 Å². The molecule has 0 saturated heterocycles. The summed E-state index contributed by atoms with van der Waals surface area (Å²) in [6, 6.07) is 0. The van der Waals surface area contributed by atoms with Gasteiger partial charge in [-0.2, -0.15) is 0 Å². The van der Waals surface area contributed by atoms with Crippen molar-refractivity contribution in [3.05, 3.63) is 23.3 Å². The summed E-state index contributed by atoms with van der Waals surface area (Å²) in [7, 11) is 0. The molecule has 0 atom stereocenters. The van der Waals surface area contributed by atoms with Crippen molar-refractivity contribution in [3.63, 3.8) is 0 Å². The van der Waals surface area contributed by atoms with Crippen LogP contribution in [0.1, 0.15) is 140 Å². The number of hydrogen-bond acceptors (Lipinski definition) is 2. The molecular weight excluding hydrogens is 352 g/mol. The van der Waals surface area contributed by atoms with Gasteiger partial charge in [0, 0.05) is 17.8 Å². The molecule has 1 aromatic rings. The maximum absolute atomic E-state index is 5.18. The SMILES string of the molecule is CCCCCCCc1cnc([C@H]2CC[C@H](C3CCCCC3)CC2)nc1CCCC. The van der Waals surface area contributed by atoms with Gasteiger partial charge >= 0.3 is 0 Å². The molecule has 0 aromatic carbocycles. The minimum atomic E-state index is 0.619. The number of hydrogen-bond donors (Lipinski definition) is 0. The van der Waals surface area contributed by atoms with Crippen LogP contribution >= 0.6 is 0 Å². The van der Waals surface area contributed by atoms with Crippen LogP contribution in [0.3, 0.4) is 0 Å². The molecule has 2 aliphatic carbocycles. The van der Waals surface area contributed by atoms with E-state index in [1.165, 1.54) is 126 Å². The highest BCUT2D eigenvalue weighted by molar-refractivity contribution is 5.19. The highest BCUT2D eigenvalue weighted by Crippen LogP contribution is 2.42. The van der Waals surface area contributed by atoms with Gasteiger partial charge in [-0.3, -0.25) is 0 Å². The van der Waals surface area contributed by atoms with Crippen molar-refractivity contribution < 1.29 is 0 Å². The third-order valence-electron chi connectivity index (χ3n) is 7.74. The zero-order chi connectivity index (χ0) is 20.3. The van der Waals surface area contributed by atoms with Crippen LogP contribution < -0.4 is 0 Å². The first-order valence-electron chi connectivity index (χ1n) is 13.2. The van der Waals surface area contributed by atoms with Crippen molar-refractivity contribution >= 4 is 0 Å². The van der Waals surface area contributed by atoms with Gasteiger partial charge in [-0.25, -0.2) is 9.97 Å². The summed E-state index contributed by atoms with van der Waals surface area (Å²) in [5.41, 5.74) is 2.82. The van der Waals surface area contributed by atoms with Gasteiger partial charge in [0.1, 0.15) is 5.82 Å². The van der Waals surface area contributed by atoms with Gasteiger partial charge in [0.2, 0.25) is 0 Å². The highest BCUT2D eigenvalue weighted by Gasteiger charge is 2.30. The van der Waals surface area contributed by atoms with Crippen molar-refractivity contribution in [1.29, 1.82) is 0 Å². The van der Waals surface area contributed by atoms with Crippen LogP contribution in [0.4, 0.5) is 0 Å². The first kappa shape index (κ1) is 22.8. The highest BCUT2D eigenvalue weighted by atomic mass is 14.9. The summed E-state index contributed by atoms with van der Waals surface area (Å²) in [6.45, 7) is 4.58. The zero-order valence-electron chi connectivity index (χ0n) is 19.4. The predicted octanol–water partition coefficient (Wildman–Crippen LogP) is 8.19. The van der Waals surface area contributed by atoms with Crippen LogP contribution in [-0.4, -0.2) is 9.97 Å². The molecule has 1 heterocycles. The summed E-state index contributed by atoms with van der Waals surface area (Å²) in [5.74, 6) is 3.82. The third-order valence-corrected chi connectivity index (χ3v) is 7.74. The lowest BCUT2D eigenvalue weighted by molar-refractivity contribution is 0.184. The van der Waals surface area contributed by atoms with Crippen LogP contribution in [0.15, 0.2) is 6.20 Å². The second kappa shape index (κ2) is 12.7. The minimum absolute atomic E-state index is 0.619. The molecule has 0 N–H and O–H groups in total.